The number of carbonyl (C=O) groups is 3. The average Bonchev–Trinajstić information content (AvgIpc) is 3.31. The monoisotopic (exact) mass is 554 g/mol. The second kappa shape index (κ2) is 12.7. The molecule has 2 atom stereocenters. The summed E-state index contributed by atoms with van der Waals surface area (Å²) in [5, 5.41) is 20.8. The van der Waals surface area contributed by atoms with Gasteiger partial charge in [-0.15, -0.1) is 0 Å². The summed E-state index contributed by atoms with van der Waals surface area (Å²) in [4.78, 5) is 37.3. The van der Waals surface area contributed by atoms with Crippen molar-refractivity contribution in [2.45, 2.75) is 31.3 Å². The second-order valence-corrected chi connectivity index (χ2v) is 9.74. The van der Waals surface area contributed by atoms with Crippen molar-refractivity contribution in [3.8, 4) is 0 Å². The molecular weight excluding hydrogens is 527 g/mol. The minimum atomic E-state index is -1.40. The van der Waals surface area contributed by atoms with Crippen LogP contribution in [0.1, 0.15) is 39.5 Å². The summed E-state index contributed by atoms with van der Waals surface area (Å²) < 4.78 is 0. The fourth-order valence-corrected chi connectivity index (χ4v) is 5.03. The molecule has 0 saturated carbocycles. The number of carboxylic acid groups (broad SMARTS) is 1. The molecule has 8 nitrogen and oxygen atoms in total. The number of aliphatic carboxylic acids is 1. The third-order valence-electron chi connectivity index (χ3n) is 6.40. The summed E-state index contributed by atoms with van der Waals surface area (Å²) >= 11 is 12.7. The number of benzene rings is 3. The summed E-state index contributed by atoms with van der Waals surface area (Å²) in [5.41, 5.74) is 3.82. The van der Waals surface area contributed by atoms with Gasteiger partial charge in [-0.05, 0) is 48.1 Å². The first-order valence-corrected chi connectivity index (χ1v) is 13.0. The Morgan fingerprint density at radius 1 is 0.974 bits per heavy atom. The molecule has 0 aliphatic heterocycles. The molecule has 0 fully saturated rings. The van der Waals surface area contributed by atoms with E-state index in [4.69, 9.17) is 23.2 Å². The fraction of sp³-hybridized carbons (Fsp3) is 0.250. The van der Waals surface area contributed by atoms with E-state index in [1.165, 1.54) is 11.6 Å². The second-order valence-electron chi connectivity index (χ2n) is 8.96. The van der Waals surface area contributed by atoms with Crippen LogP contribution in [0.3, 0.4) is 0 Å². The van der Waals surface area contributed by atoms with Crippen molar-refractivity contribution in [1.82, 2.24) is 16.0 Å². The lowest BCUT2D eigenvalue weighted by Crippen LogP contribution is -2.50. The molecule has 0 aromatic heterocycles. The number of halogens is 2. The van der Waals surface area contributed by atoms with Gasteiger partial charge in [0.15, 0.2) is 0 Å². The number of carboxylic acids is 1. The van der Waals surface area contributed by atoms with Gasteiger partial charge < -0.3 is 26.4 Å². The van der Waals surface area contributed by atoms with Crippen molar-refractivity contribution in [2.75, 3.05) is 18.4 Å². The number of aryl methyl sites for hydroxylation is 1. The van der Waals surface area contributed by atoms with Crippen LogP contribution in [0, 0.1) is 0 Å². The Hall–Kier alpha value is -3.75. The van der Waals surface area contributed by atoms with E-state index < -0.39 is 23.9 Å². The van der Waals surface area contributed by atoms with E-state index >= 15 is 0 Å². The highest BCUT2D eigenvalue weighted by Gasteiger charge is 2.27. The smallest absolute Gasteiger partial charge is 0.328 e. The van der Waals surface area contributed by atoms with E-state index in [2.05, 4.69) is 21.3 Å². The number of hydrogen-bond donors (Lipinski definition) is 5. The Morgan fingerprint density at radius 3 is 2.47 bits per heavy atom. The van der Waals surface area contributed by atoms with E-state index in [-0.39, 0.29) is 28.2 Å². The number of nitrogens with one attached hydrogen (secondary N) is 4. The standard InChI is InChI=1S/C28H28Cl2N4O4/c29-20-11-13-22(31-15-14-17-6-2-1-3-7-17)25(30)24(20)26(35)33-23(27(36)37)16-32-28(38)34-21-12-10-18-8-4-5-9-19(18)21/h1-9,11,13,21,23,31H,10,12,14-16H2,(H,33,35)(H,36,37)(H2,32,34,38)/t21-,23?/m1/s1. The molecule has 10 heteroatoms. The lowest BCUT2D eigenvalue weighted by Gasteiger charge is -2.19. The minimum Gasteiger partial charge on any atom is -0.480 e. The van der Waals surface area contributed by atoms with Crippen LogP contribution in [0.15, 0.2) is 66.7 Å². The van der Waals surface area contributed by atoms with E-state index in [0.29, 0.717) is 12.2 Å². The molecule has 0 saturated heterocycles. The van der Waals surface area contributed by atoms with Gasteiger partial charge >= 0.3 is 12.0 Å². The zero-order valence-corrected chi connectivity index (χ0v) is 22.0. The van der Waals surface area contributed by atoms with Gasteiger partial charge in [0.05, 0.1) is 33.9 Å². The molecule has 4 rings (SSSR count). The number of rotatable bonds is 10. The molecule has 3 aromatic carbocycles. The predicted octanol–water partition coefficient (Wildman–Crippen LogP) is 4.82. The molecule has 1 aliphatic carbocycles. The molecule has 0 heterocycles. The van der Waals surface area contributed by atoms with Crippen LogP contribution in [-0.4, -0.2) is 42.1 Å². The van der Waals surface area contributed by atoms with Gasteiger partial charge in [0.25, 0.3) is 5.91 Å². The van der Waals surface area contributed by atoms with Gasteiger partial charge in [-0.1, -0.05) is 77.8 Å². The number of amides is 3. The van der Waals surface area contributed by atoms with Gasteiger partial charge in [-0.25, -0.2) is 9.59 Å². The highest BCUT2D eigenvalue weighted by Crippen LogP contribution is 2.32. The van der Waals surface area contributed by atoms with Gasteiger partial charge in [-0.3, -0.25) is 4.79 Å². The Morgan fingerprint density at radius 2 is 1.71 bits per heavy atom. The maximum Gasteiger partial charge on any atom is 0.328 e. The predicted molar refractivity (Wildman–Crippen MR) is 148 cm³/mol. The van der Waals surface area contributed by atoms with E-state index in [9.17, 15) is 19.5 Å². The average molecular weight is 555 g/mol. The van der Waals surface area contributed by atoms with E-state index in [1.807, 2.05) is 54.6 Å². The lowest BCUT2D eigenvalue weighted by atomic mass is 10.1. The van der Waals surface area contributed by atoms with Crippen LogP contribution in [0.2, 0.25) is 10.0 Å². The fourth-order valence-electron chi connectivity index (χ4n) is 4.42. The lowest BCUT2D eigenvalue weighted by molar-refractivity contribution is -0.139. The molecule has 3 aromatic rings. The first-order chi connectivity index (χ1) is 18.3. The normalized spacial score (nSPS) is 14.7. The van der Waals surface area contributed by atoms with E-state index in [1.54, 1.807) is 6.07 Å². The van der Waals surface area contributed by atoms with Crippen molar-refractivity contribution >= 4 is 46.8 Å². The van der Waals surface area contributed by atoms with Gasteiger partial charge in [0.1, 0.15) is 6.04 Å². The van der Waals surface area contributed by atoms with Crippen LogP contribution in [0.4, 0.5) is 10.5 Å². The number of fused-ring (bicyclic) bond motifs is 1. The number of anilines is 1. The summed E-state index contributed by atoms with van der Waals surface area (Å²) in [6, 6.07) is 18.8. The molecule has 0 radical (unpaired) electrons. The summed E-state index contributed by atoms with van der Waals surface area (Å²) in [7, 11) is 0. The Bertz CT molecular complexity index is 1320. The SMILES string of the molecule is O=C(NCC(NC(=O)c1c(Cl)ccc(NCCc2ccccc2)c1Cl)C(=O)O)N[C@@H]1CCc2ccccc21. The van der Waals surface area contributed by atoms with Crippen molar-refractivity contribution in [1.29, 1.82) is 0 Å². The molecule has 198 valence electrons. The number of carbonyl (C=O) groups excluding carboxylic acids is 2. The van der Waals surface area contributed by atoms with Crippen molar-refractivity contribution in [2.24, 2.45) is 0 Å². The highest BCUT2D eigenvalue weighted by molar-refractivity contribution is 6.41. The first kappa shape index (κ1) is 27.3. The Kier molecular flexibility index (Phi) is 9.10. The maximum absolute atomic E-state index is 13.0. The highest BCUT2D eigenvalue weighted by atomic mass is 35.5. The molecule has 1 unspecified atom stereocenters. The zero-order chi connectivity index (χ0) is 27.1. The minimum absolute atomic E-state index is 0.0451. The van der Waals surface area contributed by atoms with Crippen LogP contribution in [-0.2, 0) is 17.6 Å². The molecule has 0 bridgehead atoms. The van der Waals surface area contributed by atoms with Crippen molar-refractivity contribution in [3.05, 3.63) is 99.0 Å². The summed E-state index contributed by atoms with van der Waals surface area (Å²) in [6.45, 7) is 0.236. The zero-order valence-electron chi connectivity index (χ0n) is 20.5. The Balaban J connectivity index is 1.35. The molecule has 0 spiro atoms. The van der Waals surface area contributed by atoms with Crippen LogP contribution >= 0.6 is 23.2 Å². The van der Waals surface area contributed by atoms with Crippen LogP contribution in [0.5, 0.6) is 0 Å². The Labute approximate surface area is 230 Å². The first-order valence-electron chi connectivity index (χ1n) is 12.2. The van der Waals surface area contributed by atoms with Gasteiger partial charge in [0, 0.05) is 6.54 Å². The number of hydrogen-bond acceptors (Lipinski definition) is 4. The summed E-state index contributed by atoms with van der Waals surface area (Å²) in [6.07, 6.45) is 2.36. The van der Waals surface area contributed by atoms with Gasteiger partial charge in [-0.2, -0.15) is 0 Å². The quantitative estimate of drug-likeness (QED) is 0.246. The van der Waals surface area contributed by atoms with Crippen molar-refractivity contribution < 1.29 is 19.5 Å². The van der Waals surface area contributed by atoms with Gasteiger partial charge in [0.2, 0.25) is 0 Å². The van der Waals surface area contributed by atoms with E-state index in [0.717, 1.165) is 30.4 Å². The molecule has 3 amide bonds. The topological polar surface area (TPSA) is 120 Å². The molecule has 1 aliphatic rings. The third-order valence-corrected chi connectivity index (χ3v) is 7.11. The maximum atomic E-state index is 13.0. The third kappa shape index (κ3) is 6.76. The molecule has 5 N–H and O–H groups in total. The molecule has 38 heavy (non-hydrogen) atoms. The van der Waals surface area contributed by atoms with Crippen LogP contribution < -0.4 is 21.3 Å². The molecular formula is C28H28Cl2N4O4. The van der Waals surface area contributed by atoms with Crippen molar-refractivity contribution in [3.63, 3.8) is 0 Å². The summed E-state index contributed by atoms with van der Waals surface area (Å²) in [5.74, 6) is -2.07. The largest absolute Gasteiger partial charge is 0.480 e. The number of urea groups is 1. The van der Waals surface area contributed by atoms with Crippen LogP contribution in [0.25, 0.3) is 0 Å².